The largest absolute Gasteiger partial charge is 0.388 e. The Labute approximate surface area is 153 Å². The van der Waals surface area contributed by atoms with Crippen LogP contribution < -0.4 is 5.32 Å². The van der Waals surface area contributed by atoms with Gasteiger partial charge in [-0.15, -0.1) is 21.5 Å². The molecule has 3 rings (SSSR count). The number of hydrogen-bond acceptors (Lipinski definition) is 6. The molecule has 3 heterocycles. The quantitative estimate of drug-likeness (QED) is 0.847. The van der Waals surface area contributed by atoms with Gasteiger partial charge in [0, 0.05) is 26.2 Å². The molecule has 0 radical (unpaired) electrons. The van der Waals surface area contributed by atoms with Crippen molar-refractivity contribution in [3.05, 3.63) is 10.0 Å². The average molecular weight is 368 g/mol. The van der Waals surface area contributed by atoms with Gasteiger partial charge in [-0.1, -0.05) is 0 Å². The minimum atomic E-state index is -0.808. The van der Waals surface area contributed by atoms with E-state index in [2.05, 4.69) is 20.4 Å². The second-order valence-electron chi connectivity index (χ2n) is 7.28. The number of aryl methyl sites for hydroxylation is 1. The Morgan fingerprint density at radius 1 is 1.16 bits per heavy atom. The molecule has 25 heavy (non-hydrogen) atoms. The van der Waals surface area contributed by atoms with Gasteiger partial charge in [0.05, 0.1) is 12.1 Å². The van der Waals surface area contributed by atoms with E-state index in [9.17, 15) is 9.90 Å². The van der Waals surface area contributed by atoms with E-state index in [4.69, 9.17) is 0 Å². The van der Waals surface area contributed by atoms with E-state index in [1.165, 1.54) is 6.42 Å². The number of likely N-dealkylation sites (tertiary alicyclic amines) is 2. The van der Waals surface area contributed by atoms with E-state index in [1.54, 1.807) is 11.3 Å². The van der Waals surface area contributed by atoms with Crippen LogP contribution in [0.2, 0.25) is 0 Å². The number of hydrogen-bond donors (Lipinski definition) is 2. The fourth-order valence-corrected chi connectivity index (χ4v) is 4.36. The Morgan fingerprint density at radius 2 is 1.96 bits per heavy atom. The van der Waals surface area contributed by atoms with Crippen LogP contribution in [0.3, 0.4) is 0 Å². The van der Waals surface area contributed by atoms with Crippen molar-refractivity contribution < 1.29 is 9.90 Å². The molecule has 2 amide bonds. The third-order valence-corrected chi connectivity index (χ3v) is 5.97. The van der Waals surface area contributed by atoms with Crippen molar-refractivity contribution in [3.8, 4) is 0 Å². The topological polar surface area (TPSA) is 81.6 Å². The number of aliphatic hydroxyl groups is 1. The van der Waals surface area contributed by atoms with Crippen molar-refractivity contribution in [1.29, 1.82) is 0 Å². The summed E-state index contributed by atoms with van der Waals surface area (Å²) in [6, 6.07) is -0.0291. The monoisotopic (exact) mass is 367 g/mol. The van der Waals surface area contributed by atoms with Crippen LogP contribution in [-0.4, -0.2) is 69.5 Å². The summed E-state index contributed by atoms with van der Waals surface area (Å²) in [5.41, 5.74) is -0.808. The average Bonchev–Trinajstić information content (AvgIpc) is 2.93. The molecule has 1 aromatic heterocycles. The molecule has 8 heteroatoms. The number of carbonyl (C=O) groups is 1. The van der Waals surface area contributed by atoms with Crippen LogP contribution in [-0.2, 0) is 6.54 Å². The summed E-state index contributed by atoms with van der Waals surface area (Å²) >= 11 is 1.63. The van der Waals surface area contributed by atoms with E-state index in [0.29, 0.717) is 13.0 Å². The lowest BCUT2D eigenvalue weighted by Gasteiger charge is -2.31. The molecular formula is C17H29N5O2S. The lowest BCUT2D eigenvalue weighted by Crippen LogP contribution is -2.49. The molecule has 2 aliphatic heterocycles. The summed E-state index contributed by atoms with van der Waals surface area (Å²) < 4.78 is 0. The van der Waals surface area contributed by atoms with Crippen LogP contribution >= 0.6 is 11.3 Å². The molecule has 1 aromatic rings. The SMILES string of the molecule is Cc1nnc(CN2CCC[C@@](O)(CNC(=O)N3CCCCC3)CC2)s1. The van der Waals surface area contributed by atoms with Gasteiger partial charge in [0.15, 0.2) is 0 Å². The molecule has 2 N–H and O–H groups in total. The predicted molar refractivity (Wildman–Crippen MR) is 97.5 cm³/mol. The maximum atomic E-state index is 12.3. The lowest BCUT2D eigenvalue weighted by molar-refractivity contribution is 0.0264. The van der Waals surface area contributed by atoms with Gasteiger partial charge in [-0.3, -0.25) is 4.90 Å². The predicted octanol–water partition coefficient (Wildman–Crippen LogP) is 1.76. The van der Waals surface area contributed by atoms with Crippen LogP contribution in [0.5, 0.6) is 0 Å². The fourth-order valence-electron chi connectivity index (χ4n) is 3.61. The molecule has 0 spiro atoms. The molecule has 2 fully saturated rings. The van der Waals surface area contributed by atoms with E-state index in [-0.39, 0.29) is 6.03 Å². The molecule has 0 aromatic carbocycles. The van der Waals surface area contributed by atoms with E-state index in [0.717, 1.165) is 68.4 Å². The molecule has 0 bridgehead atoms. The number of urea groups is 1. The second kappa shape index (κ2) is 8.42. The molecule has 0 saturated carbocycles. The maximum Gasteiger partial charge on any atom is 0.317 e. The third-order valence-electron chi connectivity index (χ3n) is 5.15. The van der Waals surface area contributed by atoms with Gasteiger partial charge in [-0.05, 0) is 52.0 Å². The number of aromatic nitrogens is 2. The van der Waals surface area contributed by atoms with Crippen molar-refractivity contribution in [2.24, 2.45) is 0 Å². The molecule has 0 unspecified atom stereocenters. The van der Waals surface area contributed by atoms with Crippen molar-refractivity contribution >= 4 is 17.4 Å². The zero-order chi connectivity index (χ0) is 17.7. The van der Waals surface area contributed by atoms with E-state index in [1.807, 2.05) is 11.8 Å². The smallest absolute Gasteiger partial charge is 0.317 e. The van der Waals surface area contributed by atoms with Crippen LogP contribution in [0.25, 0.3) is 0 Å². The number of amides is 2. The highest BCUT2D eigenvalue weighted by Crippen LogP contribution is 2.23. The first-order valence-corrected chi connectivity index (χ1v) is 10.1. The van der Waals surface area contributed by atoms with Gasteiger partial charge in [0.1, 0.15) is 10.0 Å². The molecule has 140 valence electrons. The van der Waals surface area contributed by atoms with Crippen molar-refractivity contribution in [2.45, 2.75) is 57.6 Å². The van der Waals surface area contributed by atoms with Crippen LogP contribution in [0.4, 0.5) is 4.79 Å². The number of nitrogens with zero attached hydrogens (tertiary/aromatic N) is 4. The molecular weight excluding hydrogens is 338 g/mol. The Hall–Kier alpha value is -1.25. The van der Waals surface area contributed by atoms with Crippen LogP contribution in [0, 0.1) is 6.92 Å². The molecule has 0 aliphatic carbocycles. The Balaban J connectivity index is 1.46. The Morgan fingerprint density at radius 3 is 2.68 bits per heavy atom. The molecule has 7 nitrogen and oxygen atoms in total. The molecule has 2 aliphatic rings. The summed E-state index contributed by atoms with van der Waals surface area (Å²) in [6.07, 6.45) is 5.69. The zero-order valence-corrected chi connectivity index (χ0v) is 15.9. The maximum absolute atomic E-state index is 12.3. The van der Waals surface area contributed by atoms with Gasteiger partial charge in [-0.25, -0.2) is 4.79 Å². The number of piperidine rings is 1. The first-order chi connectivity index (χ1) is 12.0. The second-order valence-corrected chi connectivity index (χ2v) is 8.54. The van der Waals surface area contributed by atoms with Crippen LogP contribution in [0.15, 0.2) is 0 Å². The summed E-state index contributed by atoms with van der Waals surface area (Å²) in [5.74, 6) is 0. The third kappa shape index (κ3) is 5.36. The highest BCUT2D eigenvalue weighted by molar-refractivity contribution is 7.11. The summed E-state index contributed by atoms with van der Waals surface area (Å²) in [4.78, 5) is 16.4. The summed E-state index contributed by atoms with van der Waals surface area (Å²) in [6.45, 7) is 6.53. The van der Waals surface area contributed by atoms with Gasteiger partial charge in [0.2, 0.25) is 0 Å². The zero-order valence-electron chi connectivity index (χ0n) is 15.0. The lowest BCUT2D eigenvalue weighted by atomic mass is 9.95. The standard InChI is InChI=1S/C17H29N5O2S/c1-14-19-20-15(25-14)12-21-8-5-6-17(24,7-11-21)13-18-16(23)22-9-3-2-4-10-22/h24H,2-13H2,1H3,(H,18,23)/t17-/m0/s1. The summed E-state index contributed by atoms with van der Waals surface area (Å²) in [5, 5.41) is 24.1. The normalized spacial score (nSPS) is 25.6. The molecule has 1 atom stereocenters. The van der Waals surface area contributed by atoms with E-state index >= 15 is 0 Å². The highest BCUT2D eigenvalue weighted by Gasteiger charge is 2.31. The highest BCUT2D eigenvalue weighted by atomic mass is 32.1. The number of nitrogens with one attached hydrogen (secondary N) is 1. The van der Waals surface area contributed by atoms with Crippen molar-refractivity contribution in [3.63, 3.8) is 0 Å². The Kier molecular flexibility index (Phi) is 6.24. The van der Waals surface area contributed by atoms with Crippen LogP contribution in [0.1, 0.15) is 48.5 Å². The van der Waals surface area contributed by atoms with Crippen molar-refractivity contribution in [1.82, 2.24) is 25.3 Å². The van der Waals surface area contributed by atoms with Gasteiger partial charge < -0.3 is 15.3 Å². The van der Waals surface area contributed by atoms with Gasteiger partial charge in [0.25, 0.3) is 0 Å². The van der Waals surface area contributed by atoms with Gasteiger partial charge >= 0.3 is 6.03 Å². The number of rotatable bonds is 4. The Bertz CT molecular complexity index is 575. The molecule has 2 saturated heterocycles. The minimum Gasteiger partial charge on any atom is -0.388 e. The first kappa shape index (κ1) is 18.5. The first-order valence-electron chi connectivity index (χ1n) is 9.31. The van der Waals surface area contributed by atoms with E-state index < -0.39 is 5.60 Å². The van der Waals surface area contributed by atoms with Crippen molar-refractivity contribution in [2.75, 3.05) is 32.7 Å². The van der Waals surface area contributed by atoms with Gasteiger partial charge in [-0.2, -0.15) is 0 Å². The number of carbonyl (C=O) groups excluding carboxylic acids is 1. The minimum absolute atomic E-state index is 0.0291. The fraction of sp³-hybridized carbons (Fsp3) is 0.824. The summed E-state index contributed by atoms with van der Waals surface area (Å²) in [7, 11) is 0.